The van der Waals surface area contributed by atoms with Crippen LogP contribution in [0.5, 0.6) is 0 Å². The van der Waals surface area contributed by atoms with Crippen LogP contribution in [0.25, 0.3) is 10.9 Å². The van der Waals surface area contributed by atoms with Gasteiger partial charge in [0, 0.05) is 35.9 Å². The molecule has 0 fully saturated rings. The molecule has 2 aromatic carbocycles. The van der Waals surface area contributed by atoms with Gasteiger partial charge in [-0.05, 0) is 42.8 Å². The van der Waals surface area contributed by atoms with E-state index in [1.54, 1.807) is 19.1 Å². The number of carbonyl (C=O) groups excluding carboxylic acids is 1. The molecule has 148 valence electrons. The van der Waals surface area contributed by atoms with Gasteiger partial charge < -0.3 is 15.0 Å². The highest BCUT2D eigenvalue weighted by molar-refractivity contribution is 7.89. The summed E-state index contributed by atoms with van der Waals surface area (Å²) in [6.07, 6.45) is 2.05. The van der Waals surface area contributed by atoms with Crippen molar-refractivity contribution in [2.75, 3.05) is 19.0 Å². The molecule has 0 spiro atoms. The van der Waals surface area contributed by atoms with E-state index in [0.717, 1.165) is 16.5 Å². The molecule has 0 saturated heterocycles. The van der Waals surface area contributed by atoms with Gasteiger partial charge in [-0.1, -0.05) is 18.2 Å². The van der Waals surface area contributed by atoms with Gasteiger partial charge in [0.25, 0.3) is 0 Å². The second-order valence-electron chi connectivity index (χ2n) is 6.59. The number of para-hydroxylation sites is 1. The minimum Gasteiger partial charge on any atom is -0.383 e. The van der Waals surface area contributed by atoms with Gasteiger partial charge in [-0.3, -0.25) is 4.79 Å². The number of aromatic amines is 1. The molecule has 0 saturated carbocycles. The number of aromatic nitrogens is 1. The standard InChI is InChI=1S/C20H23N3O4S/c1-14(13-27-2)23-28(25,26)17-9-7-16(8-10-17)22-20(24)11-15-12-21-19-6-4-3-5-18(15)19/h3-10,12,14,21,23H,11,13H2,1-2H3,(H,22,24). The average molecular weight is 401 g/mol. The summed E-state index contributed by atoms with van der Waals surface area (Å²) in [5.74, 6) is -0.174. The van der Waals surface area contributed by atoms with E-state index in [1.165, 1.54) is 19.2 Å². The molecule has 1 atom stereocenters. The van der Waals surface area contributed by atoms with E-state index < -0.39 is 10.0 Å². The lowest BCUT2D eigenvalue weighted by molar-refractivity contribution is -0.115. The van der Waals surface area contributed by atoms with Crippen LogP contribution >= 0.6 is 0 Å². The van der Waals surface area contributed by atoms with Crippen LogP contribution in [0.3, 0.4) is 0 Å². The Kier molecular flexibility index (Phi) is 6.13. The minimum absolute atomic E-state index is 0.130. The SMILES string of the molecule is COCC(C)NS(=O)(=O)c1ccc(NC(=O)Cc2c[nH]c3ccccc23)cc1. The minimum atomic E-state index is -3.64. The number of amides is 1. The van der Waals surface area contributed by atoms with Gasteiger partial charge in [0.05, 0.1) is 17.9 Å². The Bertz CT molecular complexity index is 1060. The molecule has 1 unspecified atom stereocenters. The quantitative estimate of drug-likeness (QED) is 0.540. The van der Waals surface area contributed by atoms with Crippen LogP contribution < -0.4 is 10.0 Å². The molecule has 28 heavy (non-hydrogen) atoms. The summed E-state index contributed by atoms with van der Waals surface area (Å²) >= 11 is 0. The second kappa shape index (κ2) is 8.55. The van der Waals surface area contributed by atoms with E-state index in [9.17, 15) is 13.2 Å². The zero-order valence-electron chi connectivity index (χ0n) is 15.7. The molecule has 0 aliphatic carbocycles. The summed E-state index contributed by atoms with van der Waals surface area (Å²) in [5, 5.41) is 3.81. The van der Waals surface area contributed by atoms with Crippen LogP contribution in [-0.2, 0) is 26.0 Å². The van der Waals surface area contributed by atoms with Gasteiger partial charge in [0.15, 0.2) is 0 Å². The summed E-state index contributed by atoms with van der Waals surface area (Å²) in [6, 6.07) is 13.5. The van der Waals surface area contributed by atoms with E-state index in [0.29, 0.717) is 5.69 Å². The molecule has 0 radical (unpaired) electrons. The highest BCUT2D eigenvalue weighted by Gasteiger charge is 2.17. The van der Waals surface area contributed by atoms with Crippen molar-refractivity contribution in [1.82, 2.24) is 9.71 Å². The Labute approximate surface area is 164 Å². The molecule has 0 aliphatic rings. The first-order valence-corrected chi connectivity index (χ1v) is 10.3. The maximum atomic E-state index is 12.4. The van der Waals surface area contributed by atoms with Crippen LogP contribution in [-0.4, -0.2) is 39.1 Å². The summed E-state index contributed by atoms with van der Waals surface area (Å²) in [4.78, 5) is 15.6. The van der Waals surface area contributed by atoms with Crippen molar-refractivity contribution >= 4 is 32.5 Å². The van der Waals surface area contributed by atoms with E-state index >= 15 is 0 Å². The van der Waals surface area contributed by atoms with Crippen LogP contribution in [0, 0.1) is 0 Å². The van der Waals surface area contributed by atoms with E-state index in [1.807, 2.05) is 30.5 Å². The molecule has 0 bridgehead atoms. The summed E-state index contributed by atoms with van der Waals surface area (Å²) in [7, 11) is -2.13. The van der Waals surface area contributed by atoms with E-state index in [4.69, 9.17) is 4.74 Å². The molecule has 1 heterocycles. The molecule has 0 aliphatic heterocycles. The number of fused-ring (bicyclic) bond motifs is 1. The first kappa shape index (κ1) is 20.1. The number of hydrogen-bond donors (Lipinski definition) is 3. The second-order valence-corrected chi connectivity index (χ2v) is 8.30. The van der Waals surface area contributed by atoms with Crippen LogP contribution in [0.2, 0.25) is 0 Å². The van der Waals surface area contributed by atoms with Gasteiger partial charge in [-0.2, -0.15) is 0 Å². The summed E-state index contributed by atoms with van der Waals surface area (Å²) in [5.41, 5.74) is 2.42. The molecule has 7 nitrogen and oxygen atoms in total. The third-order valence-electron chi connectivity index (χ3n) is 4.25. The highest BCUT2D eigenvalue weighted by Crippen LogP contribution is 2.19. The predicted molar refractivity (Wildman–Crippen MR) is 109 cm³/mol. The van der Waals surface area contributed by atoms with Gasteiger partial charge in [0.1, 0.15) is 0 Å². The number of methoxy groups -OCH3 is 1. The number of benzene rings is 2. The number of anilines is 1. The topological polar surface area (TPSA) is 100 Å². The number of hydrogen-bond acceptors (Lipinski definition) is 4. The van der Waals surface area contributed by atoms with Crippen molar-refractivity contribution in [3.05, 3.63) is 60.3 Å². The van der Waals surface area contributed by atoms with Crippen LogP contribution in [0.4, 0.5) is 5.69 Å². The van der Waals surface area contributed by atoms with Crippen LogP contribution in [0.15, 0.2) is 59.6 Å². The number of carbonyl (C=O) groups is 1. The third kappa shape index (κ3) is 4.78. The molecule has 8 heteroatoms. The number of rotatable bonds is 8. The van der Waals surface area contributed by atoms with Gasteiger partial charge in [0.2, 0.25) is 15.9 Å². The van der Waals surface area contributed by atoms with Gasteiger partial charge in [-0.25, -0.2) is 13.1 Å². The normalized spacial score (nSPS) is 12.8. The number of H-pyrrole nitrogens is 1. The lowest BCUT2D eigenvalue weighted by Crippen LogP contribution is -2.35. The average Bonchev–Trinajstić information content (AvgIpc) is 3.05. The molecule has 3 N–H and O–H groups in total. The Morgan fingerprint density at radius 3 is 2.57 bits per heavy atom. The van der Waals surface area contributed by atoms with Gasteiger partial charge >= 0.3 is 0 Å². The van der Waals surface area contributed by atoms with Crippen molar-refractivity contribution in [3.8, 4) is 0 Å². The molecule has 3 rings (SSSR count). The molecule has 1 aromatic heterocycles. The number of sulfonamides is 1. The zero-order chi connectivity index (χ0) is 20.1. The summed E-state index contributed by atoms with van der Waals surface area (Å²) in [6.45, 7) is 2.00. The predicted octanol–water partition coefficient (Wildman–Crippen LogP) is 2.66. The zero-order valence-corrected chi connectivity index (χ0v) is 16.5. The molecule has 3 aromatic rings. The maximum absolute atomic E-state index is 12.4. The van der Waals surface area contributed by atoms with Crippen molar-refractivity contribution in [2.45, 2.75) is 24.3 Å². The lowest BCUT2D eigenvalue weighted by Gasteiger charge is -2.13. The van der Waals surface area contributed by atoms with E-state index in [-0.39, 0.29) is 29.9 Å². The van der Waals surface area contributed by atoms with Gasteiger partial charge in [-0.15, -0.1) is 0 Å². The summed E-state index contributed by atoms with van der Waals surface area (Å²) < 4.78 is 32.1. The largest absolute Gasteiger partial charge is 0.383 e. The Morgan fingerprint density at radius 1 is 1.14 bits per heavy atom. The van der Waals surface area contributed by atoms with Crippen molar-refractivity contribution in [2.24, 2.45) is 0 Å². The Hall–Kier alpha value is -2.68. The maximum Gasteiger partial charge on any atom is 0.240 e. The van der Waals surface area contributed by atoms with Crippen molar-refractivity contribution in [3.63, 3.8) is 0 Å². The fourth-order valence-corrected chi connectivity index (χ4v) is 4.22. The van der Waals surface area contributed by atoms with Crippen molar-refractivity contribution < 1.29 is 17.9 Å². The molecule has 1 amide bonds. The highest BCUT2D eigenvalue weighted by atomic mass is 32.2. The lowest BCUT2D eigenvalue weighted by atomic mass is 10.1. The Morgan fingerprint density at radius 2 is 1.86 bits per heavy atom. The first-order valence-electron chi connectivity index (χ1n) is 8.85. The molecular formula is C20H23N3O4S. The van der Waals surface area contributed by atoms with Crippen molar-refractivity contribution in [1.29, 1.82) is 0 Å². The number of nitrogens with one attached hydrogen (secondary N) is 3. The fourth-order valence-electron chi connectivity index (χ4n) is 2.99. The van der Waals surface area contributed by atoms with Crippen LogP contribution in [0.1, 0.15) is 12.5 Å². The van der Waals surface area contributed by atoms with E-state index in [2.05, 4.69) is 15.0 Å². The fraction of sp³-hybridized carbons (Fsp3) is 0.250. The third-order valence-corrected chi connectivity index (χ3v) is 5.85. The first-order chi connectivity index (χ1) is 13.4. The molecular weight excluding hydrogens is 378 g/mol. The smallest absolute Gasteiger partial charge is 0.240 e. The number of ether oxygens (including phenoxy) is 1. The Balaban J connectivity index is 1.64. The monoisotopic (exact) mass is 401 g/mol.